The van der Waals surface area contributed by atoms with Gasteiger partial charge in [0.15, 0.2) is 0 Å². The SMILES string of the molecule is Cc1cc(N2CCCCC2C)ccc1NC(=O)NCC1(CO)CC1. The lowest BCUT2D eigenvalue weighted by molar-refractivity contribution is 0.206. The van der Waals surface area contributed by atoms with E-state index in [4.69, 9.17) is 0 Å². The molecule has 1 heterocycles. The summed E-state index contributed by atoms with van der Waals surface area (Å²) in [7, 11) is 0. The van der Waals surface area contributed by atoms with Crippen LogP contribution in [-0.2, 0) is 0 Å². The van der Waals surface area contributed by atoms with E-state index in [1.165, 1.54) is 24.9 Å². The zero-order valence-corrected chi connectivity index (χ0v) is 14.8. The quantitative estimate of drug-likeness (QED) is 0.776. The number of hydrogen-bond donors (Lipinski definition) is 3. The Hall–Kier alpha value is -1.75. The first-order valence-corrected chi connectivity index (χ1v) is 9.06. The number of benzene rings is 1. The molecule has 1 aliphatic carbocycles. The molecule has 0 bridgehead atoms. The fourth-order valence-corrected chi connectivity index (χ4v) is 3.45. The highest BCUT2D eigenvalue weighted by molar-refractivity contribution is 5.90. The normalized spacial score (nSPS) is 22.1. The van der Waals surface area contributed by atoms with E-state index in [9.17, 15) is 9.90 Å². The fraction of sp³-hybridized carbons (Fsp3) is 0.632. The number of anilines is 2. The number of nitrogens with one attached hydrogen (secondary N) is 2. The zero-order chi connectivity index (χ0) is 17.2. The molecule has 5 heteroatoms. The van der Waals surface area contributed by atoms with Gasteiger partial charge >= 0.3 is 6.03 Å². The van der Waals surface area contributed by atoms with Crippen LogP contribution in [0.15, 0.2) is 18.2 Å². The fourth-order valence-electron chi connectivity index (χ4n) is 3.45. The number of carbonyl (C=O) groups is 1. The van der Waals surface area contributed by atoms with Crippen LogP contribution in [-0.4, -0.2) is 36.9 Å². The van der Waals surface area contributed by atoms with Crippen molar-refractivity contribution >= 4 is 17.4 Å². The highest BCUT2D eigenvalue weighted by atomic mass is 16.3. The minimum Gasteiger partial charge on any atom is -0.396 e. The summed E-state index contributed by atoms with van der Waals surface area (Å²) >= 11 is 0. The molecule has 1 aliphatic heterocycles. The first kappa shape index (κ1) is 17.1. The molecule has 0 radical (unpaired) electrons. The lowest BCUT2D eigenvalue weighted by Gasteiger charge is -2.35. The van der Waals surface area contributed by atoms with Crippen LogP contribution in [0.3, 0.4) is 0 Å². The molecule has 2 amide bonds. The molecule has 2 aliphatic rings. The molecule has 24 heavy (non-hydrogen) atoms. The number of aliphatic hydroxyl groups excluding tert-OH is 1. The Labute approximate surface area is 144 Å². The number of amides is 2. The summed E-state index contributed by atoms with van der Waals surface area (Å²) in [6, 6.07) is 6.63. The highest BCUT2D eigenvalue weighted by Gasteiger charge is 2.42. The molecule has 1 unspecified atom stereocenters. The summed E-state index contributed by atoms with van der Waals surface area (Å²) in [5, 5.41) is 15.1. The zero-order valence-electron chi connectivity index (χ0n) is 14.8. The maximum Gasteiger partial charge on any atom is 0.319 e. The van der Waals surface area contributed by atoms with Crippen molar-refractivity contribution in [2.75, 3.05) is 29.9 Å². The van der Waals surface area contributed by atoms with Crippen molar-refractivity contribution in [3.63, 3.8) is 0 Å². The van der Waals surface area contributed by atoms with Gasteiger partial charge in [-0.05, 0) is 69.7 Å². The third-order valence-corrected chi connectivity index (χ3v) is 5.51. The van der Waals surface area contributed by atoms with Crippen molar-refractivity contribution in [3.8, 4) is 0 Å². The van der Waals surface area contributed by atoms with E-state index in [2.05, 4.69) is 34.6 Å². The third kappa shape index (κ3) is 3.83. The van der Waals surface area contributed by atoms with Crippen LogP contribution in [0.2, 0.25) is 0 Å². The lowest BCUT2D eigenvalue weighted by Crippen LogP contribution is -2.37. The maximum atomic E-state index is 12.1. The van der Waals surface area contributed by atoms with E-state index in [0.29, 0.717) is 12.6 Å². The van der Waals surface area contributed by atoms with Crippen LogP contribution in [0.1, 0.15) is 44.6 Å². The van der Waals surface area contributed by atoms with Crippen LogP contribution in [0.4, 0.5) is 16.2 Å². The van der Waals surface area contributed by atoms with Crippen molar-refractivity contribution in [2.45, 2.75) is 52.0 Å². The molecular formula is C19H29N3O2. The van der Waals surface area contributed by atoms with E-state index in [1.807, 2.05) is 13.0 Å². The third-order valence-electron chi connectivity index (χ3n) is 5.51. The van der Waals surface area contributed by atoms with Gasteiger partial charge in [0.2, 0.25) is 0 Å². The van der Waals surface area contributed by atoms with Gasteiger partial charge in [-0.1, -0.05) is 0 Å². The van der Waals surface area contributed by atoms with Crippen molar-refractivity contribution in [1.29, 1.82) is 0 Å². The molecule has 1 aromatic rings. The van der Waals surface area contributed by atoms with Crippen LogP contribution >= 0.6 is 0 Å². The number of piperidine rings is 1. The summed E-state index contributed by atoms with van der Waals surface area (Å²) in [6.45, 7) is 6.11. The molecule has 0 aromatic heterocycles. The standard InChI is InChI=1S/C19H29N3O2/c1-14-11-16(22-10-4-3-5-15(22)2)6-7-17(14)21-18(24)20-12-19(13-23)8-9-19/h6-7,11,15,23H,3-5,8-10,12-13H2,1-2H3,(H2,20,21,24). The Morgan fingerprint density at radius 2 is 2.17 bits per heavy atom. The second kappa shape index (κ2) is 7.01. The largest absolute Gasteiger partial charge is 0.396 e. The summed E-state index contributed by atoms with van der Waals surface area (Å²) in [6.07, 6.45) is 5.79. The van der Waals surface area contributed by atoms with Crippen molar-refractivity contribution in [2.24, 2.45) is 5.41 Å². The van der Waals surface area contributed by atoms with Gasteiger partial charge in [0.1, 0.15) is 0 Å². The second-order valence-electron chi connectivity index (χ2n) is 7.50. The van der Waals surface area contributed by atoms with E-state index in [-0.39, 0.29) is 18.1 Å². The minimum absolute atomic E-state index is 0.0688. The first-order valence-electron chi connectivity index (χ1n) is 9.06. The van der Waals surface area contributed by atoms with Gasteiger partial charge in [-0.2, -0.15) is 0 Å². The monoisotopic (exact) mass is 331 g/mol. The summed E-state index contributed by atoms with van der Waals surface area (Å²) in [5.74, 6) is 0. The molecule has 2 fully saturated rings. The van der Waals surface area contributed by atoms with Crippen LogP contribution in [0.5, 0.6) is 0 Å². The van der Waals surface area contributed by atoms with Gasteiger partial charge in [-0.15, -0.1) is 0 Å². The first-order chi connectivity index (χ1) is 11.5. The minimum atomic E-state index is -0.197. The molecule has 3 N–H and O–H groups in total. The predicted octanol–water partition coefficient (Wildman–Crippen LogP) is 3.27. The molecule has 5 nitrogen and oxygen atoms in total. The number of aryl methyl sites for hydroxylation is 1. The molecule has 132 valence electrons. The number of nitrogens with zero attached hydrogens (tertiary/aromatic N) is 1. The molecule has 0 spiro atoms. The van der Waals surface area contributed by atoms with E-state index in [0.717, 1.165) is 30.6 Å². The number of carbonyl (C=O) groups excluding carboxylic acids is 1. The Balaban J connectivity index is 1.59. The molecule has 1 saturated heterocycles. The van der Waals surface area contributed by atoms with Crippen LogP contribution < -0.4 is 15.5 Å². The van der Waals surface area contributed by atoms with E-state index in [1.54, 1.807) is 0 Å². The van der Waals surface area contributed by atoms with Gasteiger partial charge in [0.25, 0.3) is 0 Å². The van der Waals surface area contributed by atoms with Gasteiger partial charge in [0, 0.05) is 35.9 Å². The smallest absolute Gasteiger partial charge is 0.319 e. The summed E-state index contributed by atoms with van der Waals surface area (Å²) in [5.41, 5.74) is 3.09. The molecule has 1 atom stereocenters. The Morgan fingerprint density at radius 1 is 1.38 bits per heavy atom. The maximum absolute atomic E-state index is 12.1. The number of rotatable bonds is 5. The molecular weight excluding hydrogens is 302 g/mol. The van der Waals surface area contributed by atoms with Gasteiger partial charge in [0.05, 0.1) is 6.61 Å². The van der Waals surface area contributed by atoms with Crippen molar-refractivity contribution in [1.82, 2.24) is 5.32 Å². The number of aliphatic hydroxyl groups is 1. The van der Waals surface area contributed by atoms with Crippen LogP contribution in [0, 0.1) is 12.3 Å². The van der Waals surface area contributed by atoms with Crippen molar-refractivity contribution in [3.05, 3.63) is 23.8 Å². The Morgan fingerprint density at radius 3 is 2.79 bits per heavy atom. The summed E-state index contributed by atoms with van der Waals surface area (Å²) in [4.78, 5) is 14.5. The average molecular weight is 331 g/mol. The predicted molar refractivity (Wildman–Crippen MR) is 97.6 cm³/mol. The Bertz CT molecular complexity index is 598. The van der Waals surface area contributed by atoms with Crippen LogP contribution in [0.25, 0.3) is 0 Å². The van der Waals surface area contributed by atoms with E-state index < -0.39 is 0 Å². The number of urea groups is 1. The topological polar surface area (TPSA) is 64.6 Å². The van der Waals surface area contributed by atoms with Gasteiger partial charge in [-0.3, -0.25) is 0 Å². The second-order valence-corrected chi connectivity index (χ2v) is 7.50. The summed E-state index contributed by atoms with van der Waals surface area (Å²) < 4.78 is 0. The molecule has 1 aromatic carbocycles. The van der Waals surface area contributed by atoms with Crippen molar-refractivity contribution < 1.29 is 9.90 Å². The Kier molecular flexibility index (Phi) is 4.99. The molecule has 1 saturated carbocycles. The highest BCUT2D eigenvalue weighted by Crippen LogP contribution is 2.44. The van der Waals surface area contributed by atoms with E-state index >= 15 is 0 Å². The molecule has 3 rings (SSSR count). The average Bonchev–Trinajstić information content (AvgIpc) is 3.36. The lowest BCUT2D eigenvalue weighted by atomic mass is 10.0. The van der Waals surface area contributed by atoms with Gasteiger partial charge < -0.3 is 20.6 Å². The number of hydrogen-bond acceptors (Lipinski definition) is 3. The van der Waals surface area contributed by atoms with Gasteiger partial charge in [-0.25, -0.2) is 4.79 Å².